The van der Waals surface area contributed by atoms with Crippen molar-refractivity contribution in [1.82, 2.24) is 0 Å². The highest BCUT2D eigenvalue weighted by molar-refractivity contribution is 8.22. The van der Waals surface area contributed by atoms with Crippen LogP contribution < -0.4 is 0 Å². The molecular weight excluding hydrogens is 553 g/mol. The SMILES string of the molecule is C=CC(=O)SCC1CSC(CCCSCCSCCCC2SCC(CSC(=O)C=C)S2)S1. The molecule has 2 saturated heterocycles. The van der Waals surface area contributed by atoms with E-state index in [0.717, 1.165) is 20.7 Å². The fourth-order valence-electron chi connectivity index (χ4n) is 2.99. The quantitative estimate of drug-likeness (QED) is 0.128. The maximum Gasteiger partial charge on any atom is 0.211 e. The third-order valence-electron chi connectivity index (χ3n) is 4.61. The van der Waals surface area contributed by atoms with Crippen LogP contribution in [0, 0.1) is 0 Å². The van der Waals surface area contributed by atoms with Crippen LogP contribution in [0.25, 0.3) is 0 Å². The Morgan fingerprint density at radius 3 is 1.59 bits per heavy atom. The van der Waals surface area contributed by atoms with Crippen molar-refractivity contribution in [3.05, 3.63) is 25.3 Å². The molecule has 2 aliphatic rings. The molecule has 0 radical (unpaired) electrons. The summed E-state index contributed by atoms with van der Waals surface area (Å²) in [5.74, 6) is 9.31. The largest absolute Gasteiger partial charge is 0.282 e. The van der Waals surface area contributed by atoms with Gasteiger partial charge in [0.25, 0.3) is 0 Å². The Morgan fingerprint density at radius 2 is 1.19 bits per heavy atom. The summed E-state index contributed by atoms with van der Waals surface area (Å²) in [6.45, 7) is 7.08. The molecule has 2 nitrogen and oxygen atoms in total. The maximum absolute atomic E-state index is 11.3. The molecule has 4 atom stereocenters. The molecule has 0 bridgehead atoms. The van der Waals surface area contributed by atoms with Crippen LogP contribution in [0.15, 0.2) is 25.3 Å². The Labute approximate surface area is 228 Å². The first-order valence-corrected chi connectivity index (χ1v) is 19.1. The summed E-state index contributed by atoms with van der Waals surface area (Å²) in [4.78, 5) is 22.7. The number of hydrogen-bond donors (Lipinski definition) is 0. The van der Waals surface area contributed by atoms with Crippen LogP contribution in [0.2, 0.25) is 0 Å². The van der Waals surface area contributed by atoms with E-state index in [1.165, 1.54) is 95.9 Å². The lowest BCUT2D eigenvalue weighted by molar-refractivity contribution is -0.107. The van der Waals surface area contributed by atoms with Gasteiger partial charge in [-0.2, -0.15) is 23.5 Å². The molecule has 0 aliphatic carbocycles. The molecule has 0 aromatic carbocycles. The second-order valence-electron chi connectivity index (χ2n) is 7.22. The first-order valence-electron chi connectivity index (χ1n) is 10.9. The molecule has 0 amide bonds. The second kappa shape index (κ2) is 18.8. The normalized spacial score (nSPS) is 25.1. The Balaban J connectivity index is 1.34. The van der Waals surface area contributed by atoms with Crippen LogP contribution in [0.4, 0.5) is 0 Å². The zero-order valence-electron chi connectivity index (χ0n) is 18.4. The summed E-state index contributed by atoms with van der Waals surface area (Å²) in [6.07, 6.45) is 8.04. The van der Waals surface area contributed by atoms with Gasteiger partial charge in [-0.25, -0.2) is 0 Å². The predicted molar refractivity (Wildman–Crippen MR) is 164 cm³/mol. The van der Waals surface area contributed by atoms with Crippen LogP contribution in [0.3, 0.4) is 0 Å². The second-order valence-corrected chi connectivity index (χ2v) is 17.8. The van der Waals surface area contributed by atoms with Crippen molar-refractivity contribution in [2.45, 2.75) is 45.3 Å². The fourth-order valence-corrected chi connectivity index (χ4v) is 14.0. The Morgan fingerprint density at radius 1 is 0.750 bits per heavy atom. The van der Waals surface area contributed by atoms with Gasteiger partial charge in [0.1, 0.15) is 0 Å². The number of thioether (sulfide) groups is 8. The average molecular weight is 587 g/mol. The maximum atomic E-state index is 11.3. The summed E-state index contributed by atoms with van der Waals surface area (Å²) in [6, 6.07) is 0. The molecule has 0 aromatic heterocycles. The Hall–Kier alpha value is 1.62. The zero-order valence-corrected chi connectivity index (χ0v) is 25.0. The van der Waals surface area contributed by atoms with Crippen molar-refractivity contribution in [3.8, 4) is 0 Å². The van der Waals surface area contributed by atoms with Crippen LogP contribution in [-0.2, 0) is 9.59 Å². The minimum Gasteiger partial charge on any atom is -0.282 e. The Kier molecular flexibility index (Phi) is 17.6. The van der Waals surface area contributed by atoms with E-state index in [1.54, 1.807) is 0 Å². The lowest BCUT2D eigenvalue weighted by atomic mass is 10.4. The molecule has 0 aromatic rings. The molecule has 2 rings (SSSR count). The fraction of sp³-hybridized carbons (Fsp3) is 0.727. The van der Waals surface area contributed by atoms with Crippen LogP contribution >= 0.6 is 94.1 Å². The smallest absolute Gasteiger partial charge is 0.211 e. The number of carbonyl (C=O) groups is 2. The highest BCUT2D eigenvalue weighted by Crippen LogP contribution is 2.42. The van der Waals surface area contributed by atoms with Gasteiger partial charge < -0.3 is 0 Å². The van der Waals surface area contributed by atoms with Gasteiger partial charge in [-0.15, -0.1) is 47.0 Å². The van der Waals surface area contributed by atoms with Crippen LogP contribution in [0.1, 0.15) is 25.7 Å². The first kappa shape index (κ1) is 29.8. The van der Waals surface area contributed by atoms with E-state index in [1.807, 2.05) is 0 Å². The van der Waals surface area contributed by atoms with E-state index in [-0.39, 0.29) is 10.2 Å². The zero-order chi connectivity index (χ0) is 23.0. The summed E-state index contributed by atoms with van der Waals surface area (Å²) >= 11 is 15.3. The van der Waals surface area contributed by atoms with Crippen LogP contribution in [-0.4, -0.2) is 75.9 Å². The van der Waals surface area contributed by atoms with Gasteiger partial charge in [0.2, 0.25) is 10.2 Å². The first-order chi connectivity index (χ1) is 15.6. The molecule has 182 valence electrons. The summed E-state index contributed by atoms with van der Waals surface area (Å²) < 4.78 is 1.45. The topological polar surface area (TPSA) is 34.1 Å². The highest BCUT2D eigenvalue weighted by atomic mass is 32.2. The molecule has 0 saturated carbocycles. The molecule has 2 fully saturated rings. The molecule has 32 heavy (non-hydrogen) atoms. The van der Waals surface area contributed by atoms with Gasteiger partial charge in [0.05, 0.1) is 9.16 Å². The predicted octanol–water partition coefficient (Wildman–Crippen LogP) is 7.25. The van der Waals surface area contributed by atoms with E-state index < -0.39 is 0 Å². The van der Waals surface area contributed by atoms with E-state index in [9.17, 15) is 9.59 Å². The standard InChI is InChI=1S/C22H34O2S8/c1-3-19(23)27-13-17-15-29-21(31-17)7-5-9-25-11-12-26-10-6-8-22-30-16-18(32-22)14-28-20(24)4-2/h3-4,17-18,21-22H,1-2,5-16H2. The van der Waals surface area contributed by atoms with E-state index in [0.29, 0.717) is 10.5 Å². The average Bonchev–Trinajstić information content (AvgIpc) is 3.46. The van der Waals surface area contributed by atoms with E-state index in [2.05, 4.69) is 83.7 Å². The Bertz CT molecular complexity index is 538. The highest BCUT2D eigenvalue weighted by Gasteiger charge is 2.26. The van der Waals surface area contributed by atoms with Crippen molar-refractivity contribution in [1.29, 1.82) is 0 Å². The number of hydrogen-bond acceptors (Lipinski definition) is 10. The minimum atomic E-state index is 0.103. The molecular formula is C22H34O2S8. The van der Waals surface area contributed by atoms with E-state index in [4.69, 9.17) is 0 Å². The molecule has 10 heteroatoms. The van der Waals surface area contributed by atoms with Crippen molar-refractivity contribution < 1.29 is 9.59 Å². The van der Waals surface area contributed by atoms with Gasteiger partial charge in [-0.05, 0) is 49.3 Å². The third-order valence-corrected chi connectivity index (χ3v) is 16.3. The van der Waals surface area contributed by atoms with Crippen molar-refractivity contribution in [3.63, 3.8) is 0 Å². The van der Waals surface area contributed by atoms with Crippen molar-refractivity contribution >= 4 is 104 Å². The van der Waals surface area contributed by atoms with Gasteiger partial charge in [-0.3, -0.25) is 9.59 Å². The minimum absolute atomic E-state index is 0.103. The lowest BCUT2D eigenvalue weighted by Gasteiger charge is -2.10. The summed E-state index contributed by atoms with van der Waals surface area (Å²) in [5, 5.41) is 1.45. The van der Waals surface area contributed by atoms with Gasteiger partial charge >= 0.3 is 0 Å². The summed E-state index contributed by atoms with van der Waals surface area (Å²) in [5.41, 5.74) is 0. The molecule has 4 unspecified atom stereocenters. The lowest BCUT2D eigenvalue weighted by Crippen LogP contribution is -2.06. The number of rotatable bonds is 17. The van der Waals surface area contributed by atoms with E-state index >= 15 is 0 Å². The molecule has 0 spiro atoms. The van der Waals surface area contributed by atoms with Gasteiger partial charge in [0, 0.05) is 45.0 Å². The van der Waals surface area contributed by atoms with Gasteiger partial charge in [-0.1, -0.05) is 36.7 Å². The monoisotopic (exact) mass is 586 g/mol. The summed E-state index contributed by atoms with van der Waals surface area (Å²) in [7, 11) is 0. The molecule has 0 N–H and O–H groups in total. The van der Waals surface area contributed by atoms with Gasteiger partial charge in [0.15, 0.2) is 0 Å². The molecule has 2 heterocycles. The van der Waals surface area contributed by atoms with Crippen molar-refractivity contribution in [2.24, 2.45) is 0 Å². The van der Waals surface area contributed by atoms with Crippen molar-refractivity contribution in [2.75, 3.05) is 46.0 Å². The number of carbonyl (C=O) groups excluding carboxylic acids is 2. The van der Waals surface area contributed by atoms with Crippen LogP contribution in [0.5, 0.6) is 0 Å². The molecule has 2 aliphatic heterocycles. The third kappa shape index (κ3) is 13.6.